The summed E-state index contributed by atoms with van der Waals surface area (Å²) in [6, 6.07) is 9.49. The summed E-state index contributed by atoms with van der Waals surface area (Å²) in [5, 5.41) is 9.28. The zero-order valence-electron chi connectivity index (χ0n) is 15.0. The first-order valence-electron chi connectivity index (χ1n) is 9.16. The first-order valence-corrected chi connectivity index (χ1v) is 9.16. The van der Waals surface area contributed by atoms with E-state index < -0.39 is 0 Å². The van der Waals surface area contributed by atoms with Gasteiger partial charge in [-0.3, -0.25) is 4.90 Å². The maximum atomic E-state index is 9.28. The number of ether oxygens (including phenoxy) is 1. The van der Waals surface area contributed by atoms with Crippen LogP contribution in [0.4, 0.5) is 5.69 Å². The Labute approximate surface area is 145 Å². The highest BCUT2D eigenvalue weighted by atomic mass is 16.5. The molecule has 2 saturated heterocycles. The number of likely N-dealkylation sites (N-methyl/N-ethyl adjacent to an activating group) is 1. The van der Waals surface area contributed by atoms with Crippen molar-refractivity contribution in [1.82, 2.24) is 9.80 Å². The third kappa shape index (κ3) is 3.85. The third-order valence-electron chi connectivity index (χ3n) is 5.68. The number of piperazine rings is 1. The quantitative estimate of drug-likeness (QED) is 0.887. The Balaban J connectivity index is 1.57. The van der Waals surface area contributed by atoms with Crippen LogP contribution in [0.1, 0.15) is 19.3 Å². The summed E-state index contributed by atoms with van der Waals surface area (Å²) in [6.07, 6.45) is 3.29. The fourth-order valence-corrected chi connectivity index (χ4v) is 4.13. The van der Waals surface area contributed by atoms with Gasteiger partial charge >= 0.3 is 0 Å². The van der Waals surface area contributed by atoms with Crippen molar-refractivity contribution in [3.05, 3.63) is 24.3 Å². The van der Waals surface area contributed by atoms with E-state index in [1.807, 2.05) is 12.1 Å². The third-order valence-corrected chi connectivity index (χ3v) is 5.68. The van der Waals surface area contributed by atoms with E-state index in [4.69, 9.17) is 4.74 Å². The highest BCUT2D eigenvalue weighted by molar-refractivity contribution is 5.58. The molecule has 1 N–H and O–H groups in total. The second-order valence-electron chi connectivity index (χ2n) is 7.03. The Bertz CT molecular complexity index is 517. The normalized spacial score (nSPS) is 24.3. The van der Waals surface area contributed by atoms with E-state index in [2.05, 4.69) is 33.9 Å². The molecule has 2 heterocycles. The van der Waals surface area contributed by atoms with Gasteiger partial charge in [0.25, 0.3) is 0 Å². The molecule has 1 atom stereocenters. The summed E-state index contributed by atoms with van der Waals surface area (Å²) in [6.45, 7) is 5.81. The SMILES string of the molecule is COc1ccccc1N1CCC(N2CCN(C)[C@H](CCO)C2)CC1. The summed E-state index contributed by atoms with van der Waals surface area (Å²) in [5.74, 6) is 0.971. The number of aliphatic hydroxyl groups is 1. The van der Waals surface area contributed by atoms with Gasteiger partial charge in [0.1, 0.15) is 5.75 Å². The van der Waals surface area contributed by atoms with Gasteiger partial charge in [-0.15, -0.1) is 0 Å². The zero-order valence-corrected chi connectivity index (χ0v) is 15.0. The van der Waals surface area contributed by atoms with Crippen LogP contribution in [0.3, 0.4) is 0 Å². The number of benzene rings is 1. The van der Waals surface area contributed by atoms with Crippen LogP contribution in [-0.2, 0) is 0 Å². The number of piperidine rings is 1. The predicted molar refractivity (Wildman–Crippen MR) is 97.9 cm³/mol. The maximum Gasteiger partial charge on any atom is 0.142 e. The highest BCUT2D eigenvalue weighted by Crippen LogP contribution is 2.31. The van der Waals surface area contributed by atoms with Crippen molar-refractivity contribution in [2.45, 2.75) is 31.3 Å². The van der Waals surface area contributed by atoms with Gasteiger partial charge in [0.05, 0.1) is 12.8 Å². The monoisotopic (exact) mass is 333 g/mol. The zero-order chi connectivity index (χ0) is 16.9. The van der Waals surface area contributed by atoms with Crippen LogP contribution >= 0.6 is 0 Å². The molecule has 0 radical (unpaired) electrons. The van der Waals surface area contributed by atoms with Crippen LogP contribution < -0.4 is 9.64 Å². The molecule has 0 spiro atoms. The van der Waals surface area contributed by atoms with Crippen molar-refractivity contribution in [3.8, 4) is 5.75 Å². The van der Waals surface area contributed by atoms with Gasteiger partial charge in [0, 0.05) is 51.4 Å². The lowest BCUT2D eigenvalue weighted by molar-refractivity contribution is 0.0445. The molecule has 0 saturated carbocycles. The first kappa shape index (κ1) is 17.5. The average molecular weight is 333 g/mol. The predicted octanol–water partition coefficient (Wildman–Crippen LogP) is 1.66. The highest BCUT2D eigenvalue weighted by Gasteiger charge is 2.31. The molecule has 1 aromatic rings. The Kier molecular flexibility index (Phi) is 5.98. The Morgan fingerprint density at radius 2 is 1.88 bits per heavy atom. The summed E-state index contributed by atoms with van der Waals surface area (Å²) < 4.78 is 5.51. The number of hydrogen-bond donors (Lipinski definition) is 1. The molecule has 0 amide bonds. The van der Waals surface area contributed by atoms with Crippen LogP contribution in [0.2, 0.25) is 0 Å². The van der Waals surface area contributed by atoms with Gasteiger partial charge in [-0.2, -0.15) is 0 Å². The number of rotatable bonds is 5. The van der Waals surface area contributed by atoms with Crippen molar-refractivity contribution < 1.29 is 9.84 Å². The van der Waals surface area contributed by atoms with Crippen LogP contribution in [0.15, 0.2) is 24.3 Å². The first-order chi connectivity index (χ1) is 11.7. The molecular formula is C19H31N3O2. The molecule has 0 aromatic heterocycles. The molecule has 5 nitrogen and oxygen atoms in total. The van der Waals surface area contributed by atoms with Gasteiger partial charge in [-0.05, 0) is 38.4 Å². The smallest absolute Gasteiger partial charge is 0.142 e. The second-order valence-corrected chi connectivity index (χ2v) is 7.03. The molecule has 0 aliphatic carbocycles. The molecular weight excluding hydrogens is 302 g/mol. The number of methoxy groups -OCH3 is 1. The van der Waals surface area contributed by atoms with Gasteiger partial charge in [0.2, 0.25) is 0 Å². The van der Waals surface area contributed by atoms with Crippen molar-refractivity contribution >= 4 is 5.69 Å². The van der Waals surface area contributed by atoms with Crippen molar-refractivity contribution in [2.75, 3.05) is 58.4 Å². The molecule has 5 heteroatoms. The number of para-hydroxylation sites is 2. The number of anilines is 1. The summed E-state index contributed by atoms with van der Waals surface area (Å²) in [7, 11) is 3.93. The van der Waals surface area contributed by atoms with E-state index in [1.165, 1.54) is 18.5 Å². The van der Waals surface area contributed by atoms with Crippen molar-refractivity contribution in [2.24, 2.45) is 0 Å². The minimum absolute atomic E-state index is 0.287. The second kappa shape index (κ2) is 8.19. The summed E-state index contributed by atoms with van der Waals surface area (Å²) in [5.41, 5.74) is 1.22. The minimum atomic E-state index is 0.287. The minimum Gasteiger partial charge on any atom is -0.495 e. The standard InChI is InChI=1S/C19H31N3O2/c1-20-12-13-22(15-17(20)9-14-23)16-7-10-21(11-8-16)18-5-3-4-6-19(18)24-2/h3-6,16-17,23H,7-15H2,1-2H3/t17-/m1/s1. The fraction of sp³-hybridized carbons (Fsp3) is 0.684. The van der Waals surface area contributed by atoms with Crippen LogP contribution in [0, 0.1) is 0 Å². The van der Waals surface area contributed by atoms with E-state index in [0.29, 0.717) is 12.1 Å². The molecule has 3 rings (SSSR count). The van der Waals surface area contributed by atoms with Crippen LogP contribution in [0.5, 0.6) is 5.75 Å². The van der Waals surface area contributed by atoms with Crippen molar-refractivity contribution in [3.63, 3.8) is 0 Å². The number of nitrogens with zero attached hydrogens (tertiary/aromatic N) is 3. The number of aliphatic hydroxyl groups excluding tert-OH is 1. The molecule has 0 unspecified atom stereocenters. The molecule has 2 aliphatic rings. The van der Waals surface area contributed by atoms with Crippen molar-refractivity contribution in [1.29, 1.82) is 0 Å². The van der Waals surface area contributed by atoms with E-state index in [1.54, 1.807) is 7.11 Å². The number of hydrogen-bond acceptors (Lipinski definition) is 5. The van der Waals surface area contributed by atoms with Gasteiger partial charge < -0.3 is 19.6 Å². The fourth-order valence-electron chi connectivity index (χ4n) is 4.13. The average Bonchev–Trinajstić information content (AvgIpc) is 2.64. The molecule has 0 bridgehead atoms. The lowest BCUT2D eigenvalue weighted by atomic mass is 9.99. The summed E-state index contributed by atoms with van der Waals surface area (Å²) in [4.78, 5) is 7.51. The van der Waals surface area contributed by atoms with Gasteiger partial charge in [-0.25, -0.2) is 0 Å². The molecule has 134 valence electrons. The lowest BCUT2D eigenvalue weighted by Crippen LogP contribution is -2.56. The summed E-state index contributed by atoms with van der Waals surface area (Å²) >= 11 is 0. The van der Waals surface area contributed by atoms with Crippen LogP contribution in [-0.4, -0.2) is 80.5 Å². The molecule has 2 fully saturated rings. The largest absolute Gasteiger partial charge is 0.495 e. The Hall–Kier alpha value is -1.30. The Morgan fingerprint density at radius 3 is 2.58 bits per heavy atom. The van der Waals surface area contributed by atoms with Gasteiger partial charge in [0.15, 0.2) is 0 Å². The van der Waals surface area contributed by atoms with E-state index in [-0.39, 0.29) is 6.61 Å². The van der Waals surface area contributed by atoms with Crippen LogP contribution in [0.25, 0.3) is 0 Å². The van der Waals surface area contributed by atoms with E-state index in [9.17, 15) is 5.11 Å². The molecule has 24 heavy (non-hydrogen) atoms. The Morgan fingerprint density at radius 1 is 1.12 bits per heavy atom. The topological polar surface area (TPSA) is 39.2 Å². The van der Waals surface area contributed by atoms with E-state index in [0.717, 1.165) is 44.9 Å². The van der Waals surface area contributed by atoms with E-state index >= 15 is 0 Å². The molecule has 2 aliphatic heterocycles. The van der Waals surface area contributed by atoms with Gasteiger partial charge in [-0.1, -0.05) is 12.1 Å². The maximum absolute atomic E-state index is 9.28. The lowest BCUT2D eigenvalue weighted by Gasteiger charge is -2.45. The molecule has 1 aromatic carbocycles.